The van der Waals surface area contributed by atoms with Gasteiger partial charge in [0.2, 0.25) is 11.8 Å². The van der Waals surface area contributed by atoms with Gasteiger partial charge in [0.1, 0.15) is 6.04 Å². The maximum Gasteiger partial charge on any atom is 0.349 e. The lowest BCUT2D eigenvalue weighted by atomic mass is 10.0. The van der Waals surface area contributed by atoms with Crippen molar-refractivity contribution in [3.8, 4) is 0 Å². The van der Waals surface area contributed by atoms with Crippen LogP contribution in [-0.4, -0.2) is 34.6 Å². The van der Waals surface area contributed by atoms with Gasteiger partial charge >= 0.3 is 5.92 Å². The molecule has 0 spiro atoms. The van der Waals surface area contributed by atoms with E-state index in [1.807, 2.05) is 0 Å². The summed E-state index contributed by atoms with van der Waals surface area (Å²) < 4.78 is 60.8. The lowest BCUT2D eigenvalue weighted by molar-refractivity contribution is -0.147. The summed E-state index contributed by atoms with van der Waals surface area (Å²) >= 11 is 5.69. The number of amides is 4. The van der Waals surface area contributed by atoms with Crippen LogP contribution in [0.15, 0.2) is 42.5 Å². The predicted octanol–water partition coefficient (Wildman–Crippen LogP) is 2.51. The van der Waals surface area contributed by atoms with Crippen molar-refractivity contribution in [2.45, 2.75) is 37.8 Å². The molecule has 2 aromatic carbocycles. The SMILES string of the molecule is [2H]C1CC(N2Cc3cc(C([2H])N([2H])C(=O)C(F)(F)c4ccc(Cl)cc4)ccc3C2=O)C(=O)N([2H])C1=O. The molecule has 1 fully saturated rings. The third kappa shape index (κ3) is 4.08. The number of carbonyl (C=O) groups is 4. The molecule has 7 nitrogen and oxygen atoms in total. The molecule has 2 N–H and O–H groups in total. The zero-order valence-electron chi connectivity index (χ0n) is 20.3. The molecule has 3 unspecified atom stereocenters. The van der Waals surface area contributed by atoms with Crippen molar-refractivity contribution in [3.63, 3.8) is 0 Å². The quantitative estimate of drug-likeness (QED) is 0.663. The first-order valence-electron chi connectivity index (χ1n) is 11.5. The van der Waals surface area contributed by atoms with Crippen molar-refractivity contribution in [1.82, 2.24) is 15.5 Å². The molecule has 2 heterocycles. The fourth-order valence-electron chi connectivity index (χ4n) is 3.49. The summed E-state index contributed by atoms with van der Waals surface area (Å²) in [5.41, 5.74) is -0.265. The van der Waals surface area contributed by atoms with Gasteiger partial charge in [0.25, 0.3) is 11.8 Å². The molecule has 3 atom stereocenters. The summed E-state index contributed by atoms with van der Waals surface area (Å²) in [4.78, 5) is 50.5. The lowest BCUT2D eigenvalue weighted by Crippen LogP contribution is -2.52. The molecule has 4 amide bonds. The summed E-state index contributed by atoms with van der Waals surface area (Å²) in [6.45, 7) is -2.02. The highest BCUT2D eigenvalue weighted by molar-refractivity contribution is 6.30. The topological polar surface area (TPSA) is 95.6 Å². The average Bonchev–Trinajstić information content (AvgIpc) is 3.19. The maximum absolute atomic E-state index is 14.7. The van der Waals surface area contributed by atoms with Crippen molar-refractivity contribution in [3.05, 3.63) is 69.7 Å². The Labute approximate surface area is 192 Å². The van der Waals surface area contributed by atoms with Crippen molar-refractivity contribution in [2.75, 3.05) is 0 Å². The summed E-state index contributed by atoms with van der Waals surface area (Å²) in [5, 5.41) is 0.0850. The molecule has 2 aromatic rings. The van der Waals surface area contributed by atoms with Crippen LogP contribution in [0.4, 0.5) is 8.78 Å². The Bertz CT molecular complexity index is 1270. The van der Waals surface area contributed by atoms with Gasteiger partial charge in [0, 0.05) is 37.0 Å². The van der Waals surface area contributed by atoms with E-state index in [0.717, 1.165) is 17.0 Å². The highest BCUT2D eigenvalue weighted by atomic mass is 35.5. The number of imide groups is 1. The van der Waals surface area contributed by atoms with Gasteiger partial charge in [0.15, 0.2) is 2.82 Å². The largest absolute Gasteiger partial charge is 0.349 e. The molecule has 10 heteroatoms. The van der Waals surface area contributed by atoms with Gasteiger partial charge in [-0.3, -0.25) is 24.5 Å². The highest BCUT2D eigenvalue weighted by Crippen LogP contribution is 2.30. The van der Waals surface area contributed by atoms with Crippen molar-refractivity contribution >= 4 is 35.2 Å². The number of carbonyl (C=O) groups excluding carboxylic acids is 4. The minimum absolute atomic E-state index is 0.0238. The fourth-order valence-corrected chi connectivity index (χ4v) is 3.62. The number of rotatable bonds is 5. The molecule has 4 rings (SSSR count). The molecule has 0 saturated carbocycles. The number of halogens is 3. The Morgan fingerprint density at radius 3 is 2.75 bits per heavy atom. The van der Waals surface area contributed by atoms with Crippen molar-refractivity contribution in [1.29, 1.82) is 0 Å². The Morgan fingerprint density at radius 1 is 1.31 bits per heavy atom. The van der Waals surface area contributed by atoms with Crippen LogP contribution in [0.25, 0.3) is 0 Å². The molecule has 1 saturated heterocycles. The van der Waals surface area contributed by atoms with Gasteiger partial charge in [-0.1, -0.05) is 35.9 Å². The van der Waals surface area contributed by atoms with E-state index in [2.05, 4.69) is 0 Å². The third-order valence-corrected chi connectivity index (χ3v) is 5.42. The van der Waals surface area contributed by atoms with E-state index in [1.165, 1.54) is 30.3 Å². The van der Waals surface area contributed by atoms with Crippen molar-refractivity contribution < 1.29 is 33.5 Å². The van der Waals surface area contributed by atoms with E-state index >= 15 is 0 Å². The van der Waals surface area contributed by atoms with E-state index in [0.29, 0.717) is 5.56 Å². The Kier molecular flexibility index (Phi) is 4.48. The first kappa shape index (κ1) is 17.3. The summed E-state index contributed by atoms with van der Waals surface area (Å²) in [7, 11) is 0. The van der Waals surface area contributed by atoms with Crippen LogP contribution in [-0.2, 0) is 33.4 Å². The van der Waals surface area contributed by atoms with Gasteiger partial charge < -0.3 is 10.2 Å². The number of hydrogen-bond donors (Lipinski definition) is 2. The van der Waals surface area contributed by atoms with Crippen LogP contribution < -0.4 is 10.6 Å². The first-order valence-corrected chi connectivity index (χ1v) is 9.83. The number of nitrogens with zero attached hydrogens (tertiary/aromatic N) is 1. The number of fused-ring (bicyclic) bond motifs is 1. The monoisotopic (exact) mass is 465 g/mol. The Morgan fingerprint density at radius 2 is 2.03 bits per heavy atom. The van der Waals surface area contributed by atoms with E-state index in [4.69, 9.17) is 17.2 Å². The van der Waals surface area contributed by atoms with Gasteiger partial charge in [-0.2, -0.15) is 8.78 Å². The number of piperidine rings is 1. The fraction of sp³-hybridized carbons (Fsp3) is 0.273. The number of benzene rings is 2. The van der Waals surface area contributed by atoms with Gasteiger partial charge in [-0.05, 0) is 35.7 Å². The lowest BCUT2D eigenvalue weighted by Gasteiger charge is -2.29. The molecular weight excluding hydrogens is 444 g/mol. The van der Waals surface area contributed by atoms with Crippen LogP contribution >= 0.6 is 11.6 Å². The third-order valence-electron chi connectivity index (χ3n) is 5.16. The number of nitrogens with one attached hydrogen (secondary N) is 2. The molecular formula is C22H18ClF2N3O4. The van der Waals surface area contributed by atoms with E-state index in [1.54, 1.807) is 0 Å². The Hall–Kier alpha value is -3.33. The molecule has 0 aliphatic carbocycles. The molecule has 32 heavy (non-hydrogen) atoms. The second-order valence-corrected chi connectivity index (χ2v) is 7.67. The standard InChI is InChI=1S/C22H18ClF2N3O4/c23-15-4-2-14(3-5-15)22(24,25)21(32)26-10-12-1-6-16-13(9-12)11-28(20(16)31)17-7-8-18(29)27-19(17)30/h1-6,9,17H,7-8,10-11H2,(H,26,32)(H,27,29,30)/i8D,10D/hD2. The first-order chi connectivity index (χ1) is 16.8. The van der Waals surface area contributed by atoms with Crippen LogP contribution in [0.5, 0.6) is 0 Å². The van der Waals surface area contributed by atoms with Crippen LogP contribution in [0.1, 0.15) is 42.6 Å². The molecule has 2 aliphatic heterocycles. The summed E-state index contributed by atoms with van der Waals surface area (Å²) in [5.74, 6) is -8.56. The van der Waals surface area contributed by atoms with E-state index in [-0.39, 0.29) is 39.7 Å². The zero-order valence-corrected chi connectivity index (χ0v) is 17.1. The van der Waals surface area contributed by atoms with Crippen molar-refractivity contribution in [2.24, 2.45) is 0 Å². The second-order valence-electron chi connectivity index (χ2n) is 7.24. The minimum Gasteiger partial charge on any atom is -0.346 e. The average molecular weight is 466 g/mol. The van der Waals surface area contributed by atoms with Gasteiger partial charge in [-0.25, -0.2) is 0 Å². The van der Waals surface area contributed by atoms with Gasteiger partial charge in [-0.15, -0.1) is 0 Å². The minimum atomic E-state index is -4.09. The second kappa shape index (κ2) is 8.31. The van der Waals surface area contributed by atoms with Crippen LogP contribution in [0, 0.1) is 0 Å². The normalized spacial score (nSPS) is 23.8. The van der Waals surface area contributed by atoms with Crippen LogP contribution in [0.3, 0.4) is 0 Å². The Balaban J connectivity index is 1.54. The predicted molar refractivity (Wildman–Crippen MR) is 110 cm³/mol. The molecule has 0 aromatic heterocycles. The summed E-state index contributed by atoms with van der Waals surface area (Å²) in [6, 6.07) is 6.85. The molecule has 2 aliphatic rings. The smallest absolute Gasteiger partial charge is 0.346 e. The van der Waals surface area contributed by atoms with E-state index < -0.39 is 54.1 Å². The maximum atomic E-state index is 14.7. The summed E-state index contributed by atoms with van der Waals surface area (Å²) in [6.07, 6.45) is -1.67. The molecule has 0 radical (unpaired) electrons. The number of hydrogen-bond acceptors (Lipinski definition) is 4. The molecule has 0 bridgehead atoms. The molecule has 166 valence electrons. The van der Waals surface area contributed by atoms with Crippen LogP contribution in [0.2, 0.25) is 7.85 Å². The number of alkyl halides is 2. The van der Waals surface area contributed by atoms with Gasteiger partial charge in [0.05, 0.1) is 1.37 Å². The zero-order chi connectivity index (χ0) is 26.5. The highest BCUT2D eigenvalue weighted by Gasteiger charge is 2.41. The van der Waals surface area contributed by atoms with E-state index in [9.17, 15) is 28.0 Å².